The van der Waals surface area contributed by atoms with Gasteiger partial charge in [0.05, 0.1) is 12.0 Å². The van der Waals surface area contributed by atoms with Gasteiger partial charge in [0.1, 0.15) is 12.1 Å². The number of carbonyl (C=O) groups excluding carboxylic acids is 3. The van der Waals surface area contributed by atoms with E-state index in [-0.39, 0.29) is 37.1 Å². The molecule has 12 heteroatoms. The molecule has 1 unspecified atom stereocenters. The number of hydrogen-bond donors (Lipinski definition) is 3. The minimum Gasteiger partial charge on any atom is -0.480 e. The molecule has 2 saturated heterocycles. The number of anilines is 2. The van der Waals surface area contributed by atoms with E-state index in [0.717, 1.165) is 44.5 Å². The summed E-state index contributed by atoms with van der Waals surface area (Å²) in [6.45, 7) is 3.41. The van der Waals surface area contributed by atoms with Gasteiger partial charge in [0.15, 0.2) is 0 Å². The summed E-state index contributed by atoms with van der Waals surface area (Å²) in [5, 5.41) is 15.5. The molecule has 0 bridgehead atoms. The van der Waals surface area contributed by atoms with Crippen molar-refractivity contribution in [2.75, 3.05) is 56.6 Å². The minimum absolute atomic E-state index is 0.0827. The van der Waals surface area contributed by atoms with E-state index in [9.17, 15) is 24.3 Å². The lowest BCUT2D eigenvalue weighted by atomic mass is 9.95. The standard InChI is InChI=1S/C34H45N5O7/c1-45-28-13-15-29(16-14-28)46-34(44)39-17-5-6-25(23-39)31(40)36-30(32(41)42)22-24-9-11-26(12-10-24)35-33(43)38-20-18-37(19-21-38)27-7-3-2-4-8-27/h2-4,7-12,25,28-30H,5-6,13-23H2,1H3,(H,35,43)(H,36,40)(H,41,42)/t25?,28?,29?,30-/m0/s1. The molecule has 2 heterocycles. The van der Waals surface area contributed by atoms with Crippen LogP contribution in [0.2, 0.25) is 0 Å². The molecule has 0 spiro atoms. The average Bonchev–Trinajstić information content (AvgIpc) is 3.09. The third-order valence-electron chi connectivity index (χ3n) is 9.22. The summed E-state index contributed by atoms with van der Waals surface area (Å²) in [5.74, 6) is -2.04. The molecule has 46 heavy (non-hydrogen) atoms. The van der Waals surface area contributed by atoms with Crippen LogP contribution in [0.15, 0.2) is 54.6 Å². The van der Waals surface area contributed by atoms with E-state index in [1.165, 1.54) is 0 Å². The van der Waals surface area contributed by atoms with Gasteiger partial charge < -0.3 is 39.9 Å². The van der Waals surface area contributed by atoms with Crippen LogP contribution in [-0.4, -0.2) is 104 Å². The zero-order valence-electron chi connectivity index (χ0n) is 26.4. The van der Waals surface area contributed by atoms with Crippen LogP contribution >= 0.6 is 0 Å². The predicted molar refractivity (Wildman–Crippen MR) is 173 cm³/mol. The van der Waals surface area contributed by atoms with E-state index in [1.54, 1.807) is 41.2 Å². The second kappa shape index (κ2) is 15.8. The third kappa shape index (κ3) is 8.90. The number of carboxylic acid groups (broad SMARTS) is 1. The quantitative estimate of drug-likeness (QED) is 0.376. The number of nitrogens with one attached hydrogen (secondary N) is 2. The van der Waals surface area contributed by atoms with Gasteiger partial charge in [-0.3, -0.25) is 4.79 Å². The number of rotatable bonds is 9. The number of piperazine rings is 1. The van der Waals surface area contributed by atoms with Crippen molar-refractivity contribution in [3.8, 4) is 0 Å². The lowest BCUT2D eigenvalue weighted by Crippen LogP contribution is -2.50. The molecule has 2 aromatic rings. The highest BCUT2D eigenvalue weighted by Crippen LogP contribution is 2.25. The van der Waals surface area contributed by atoms with E-state index in [1.807, 2.05) is 18.2 Å². The van der Waals surface area contributed by atoms with E-state index in [2.05, 4.69) is 27.7 Å². The summed E-state index contributed by atoms with van der Waals surface area (Å²) in [5.41, 5.74) is 2.46. The van der Waals surface area contributed by atoms with E-state index in [0.29, 0.717) is 43.7 Å². The summed E-state index contributed by atoms with van der Waals surface area (Å²) in [6.07, 6.45) is 4.12. The molecule has 4 amide bonds. The molecule has 3 aliphatic rings. The first-order valence-electron chi connectivity index (χ1n) is 16.3. The number of carboxylic acids is 1. The average molecular weight is 636 g/mol. The Balaban J connectivity index is 1.07. The molecule has 0 aromatic heterocycles. The van der Waals surface area contributed by atoms with Crippen LogP contribution in [0.5, 0.6) is 0 Å². The number of methoxy groups -OCH3 is 1. The fourth-order valence-electron chi connectivity index (χ4n) is 6.42. The fraction of sp³-hybridized carbons (Fsp3) is 0.529. The Hall–Kier alpha value is -4.32. The van der Waals surface area contributed by atoms with Crippen molar-refractivity contribution in [3.05, 3.63) is 60.2 Å². The van der Waals surface area contributed by atoms with Gasteiger partial charge in [-0.15, -0.1) is 0 Å². The Morgan fingerprint density at radius 3 is 2.17 bits per heavy atom. The van der Waals surface area contributed by atoms with Crippen LogP contribution in [0.3, 0.4) is 0 Å². The number of para-hydroxylation sites is 1. The zero-order valence-corrected chi connectivity index (χ0v) is 26.4. The van der Waals surface area contributed by atoms with Crippen LogP contribution in [-0.2, 0) is 25.5 Å². The summed E-state index contributed by atoms with van der Waals surface area (Å²) >= 11 is 0. The summed E-state index contributed by atoms with van der Waals surface area (Å²) in [4.78, 5) is 56.5. The predicted octanol–water partition coefficient (Wildman–Crippen LogP) is 3.96. The number of hydrogen-bond acceptors (Lipinski definition) is 7. The van der Waals surface area contributed by atoms with E-state index < -0.39 is 24.0 Å². The number of likely N-dealkylation sites (tertiary alicyclic amines) is 1. The number of ether oxygens (including phenoxy) is 2. The molecule has 1 aliphatic carbocycles. The number of aliphatic carboxylic acids is 1. The Kier molecular flexibility index (Phi) is 11.4. The molecule has 3 fully saturated rings. The number of urea groups is 1. The Labute approximate surface area is 270 Å². The lowest BCUT2D eigenvalue weighted by molar-refractivity contribution is -0.142. The molecule has 2 atom stereocenters. The van der Waals surface area contributed by atoms with Gasteiger partial charge in [-0.05, 0) is 68.4 Å². The fourth-order valence-corrected chi connectivity index (χ4v) is 6.42. The molecular formula is C34H45N5O7. The Morgan fingerprint density at radius 2 is 1.52 bits per heavy atom. The topological polar surface area (TPSA) is 141 Å². The molecule has 2 aromatic carbocycles. The third-order valence-corrected chi connectivity index (χ3v) is 9.22. The van der Waals surface area contributed by atoms with Gasteiger partial charge in [-0.1, -0.05) is 30.3 Å². The van der Waals surface area contributed by atoms with Crippen molar-refractivity contribution in [1.29, 1.82) is 0 Å². The van der Waals surface area contributed by atoms with Crippen molar-refractivity contribution in [3.63, 3.8) is 0 Å². The molecule has 1 saturated carbocycles. The molecule has 3 N–H and O–H groups in total. The van der Waals surface area contributed by atoms with E-state index >= 15 is 0 Å². The number of nitrogens with zero attached hydrogens (tertiary/aromatic N) is 3. The molecule has 248 valence electrons. The Bertz CT molecular complexity index is 1330. The highest BCUT2D eigenvalue weighted by Gasteiger charge is 2.33. The second-order valence-corrected chi connectivity index (χ2v) is 12.3. The van der Waals surface area contributed by atoms with Crippen molar-refractivity contribution in [1.82, 2.24) is 15.1 Å². The van der Waals surface area contributed by atoms with Gasteiger partial charge in [0, 0.05) is 64.2 Å². The first kappa shape index (κ1) is 33.1. The van der Waals surface area contributed by atoms with Gasteiger partial charge in [0.2, 0.25) is 5.91 Å². The number of benzene rings is 2. The van der Waals surface area contributed by atoms with Crippen molar-refractivity contribution in [2.24, 2.45) is 5.92 Å². The maximum absolute atomic E-state index is 13.1. The maximum Gasteiger partial charge on any atom is 0.410 e. The summed E-state index contributed by atoms with van der Waals surface area (Å²) < 4.78 is 11.1. The van der Waals surface area contributed by atoms with Crippen LogP contribution in [0.4, 0.5) is 21.0 Å². The van der Waals surface area contributed by atoms with Crippen LogP contribution in [0.25, 0.3) is 0 Å². The summed E-state index contributed by atoms with van der Waals surface area (Å²) in [6, 6.07) is 15.8. The summed E-state index contributed by atoms with van der Waals surface area (Å²) in [7, 11) is 1.69. The molecule has 2 aliphatic heterocycles. The Morgan fingerprint density at radius 1 is 0.848 bits per heavy atom. The lowest BCUT2D eigenvalue weighted by Gasteiger charge is -2.36. The highest BCUT2D eigenvalue weighted by molar-refractivity contribution is 5.89. The van der Waals surface area contributed by atoms with Gasteiger partial charge in [-0.2, -0.15) is 0 Å². The second-order valence-electron chi connectivity index (χ2n) is 12.3. The normalized spacial score (nSPS) is 22.5. The number of piperidine rings is 1. The van der Waals surface area contributed by atoms with Gasteiger partial charge in [-0.25, -0.2) is 14.4 Å². The van der Waals surface area contributed by atoms with Crippen LogP contribution in [0.1, 0.15) is 44.1 Å². The monoisotopic (exact) mass is 635 g/mol. The largest absolute Gasteiger partial charge is 0.480 e. The first-order chi connectivity index (χ1) is 22.3. The van der Waals surface area contributed by atoms with Gasteiger partial charge >= 0.3 is 18.1 Å². The minimum atomic E-state index is -1.14. The van der Waals surface area contributed by atoms with Crippen LogP contribution in [0, 0.1) is 5.92 Å². The zero-order chi connectivity index (χ0) is 32.5. The number of carbonyl (C=O) groups is 4. The van der Waals surface area contributed by atoms with E-state index in [4.69, 9.17) is 9.47 Å². The van der Waals surface area contributed by atoms with Gasteiger partial charge in [0.25, 0.3) is 0 Å². The van der Waals surface area contributed by atoms with Crippen LogP contribution < -0.4 is 15.5 Å². The molecular weight excluding hydrogens is 590 g/mol. The first-order valence-corrected chi connectivity index (χ1v) is 16.3. The van der Waals surface area contributed by atoms with Crippen molar-refractivity contribution < 1.29 is 33.8 Å². The van der Waals surface area contributed by atoms with Crippen molar-refractivity contribution >= 4 is 35.4 Å². The van der Waals surface area contributed by atoms with Crippen molar-refractivity contribution in [2.45, 2.75) is 63.2 Å². The maximum atomic E-state index is 13.1. The highest BCUT2D eigenvalue weighted by atomic mass is 16.6. The SMILES string of the molecule is COC1CCC(OC(=O)N2CCCC(C(=O)N[C@@H](Cc3ccc(NC(=O)N4CCN(c5ccccc5)CC4)cc3)C(=O)O)C2)CC1. The smallest absolute Gasteiger partial charge is 0.410 e. The number of amides is 4. The molecule has 5 rings (SSSR count). The molecule has 12 nitrogen and oxygen atoms in total. The molecule has 0 radical (unpaired) electrons.